The number of methoxy groups -OCH3 is 1. The van der Waals surface area contributed by atoms with E-state index in [0.29, 0.717) is 68.3 Å². The number of esters is 1. The molecule has 0 fully saturated rings. The van der Waals surface area contributed by atoms with E-state index in [1.54, 1.807) is 71.6 Å². The summed E-state index contributed by atoms with van der Waals surface area (Å²) in [5.74, 6) is -2.04. The first-order valence-corrected chi connectivity index (χ1v) is 18.3. The number of hydrogen-bond donors (Lipinski definition) is 3. The number of thiophene rings is 1. The second-order valence-electron chi connectivity index (χ2n) is 11.4. The lowest BCUT2D eigenvalue weighted by molar-refractivity contribution is -0.129. The van der Waals surface area contributed by atoms with Gasteiger partial charge in [0.05, 0.1) is 24.5 Å². The molecule has 3 aromatic carbocycles. The van der Waals surface area contributed by atoms with Crippen LogP contribution in [-0.2, 0) is 32.1 Å². The molecule has 14 heteroatoms. The summed E-state index contributed by atoms with van der Waals surface area (Å²) in [6.07, 6.45) is 2.36. The normalized spacial score (nSPS) is 13.1. The van der Waals surface area contributed by atoms with Gasteiger partial charge in [0.15, 0.2) is 0 Å². The molecule has 264 valence electrons. The molecule has 0 saturated carbocycles. The number of ether oxygens (including phenoxy) is 1. The van der Waals surface area contributed by atoms with E-state index in [-0.39, 0.29) is 17.5 Å². The van der Waals surface area contributed by atoms with Crippen molar-refractivity contribution in [3.8, 4) is 0 Å². The van der Waals surface area contributed by atoms with Crippen molar-refractivity contribution in [2.24, 2.45) is 0 Å². The second kappa shape index (κ2) is 17.1. The highest BCUT2D eigenvalue weighted by Gasteiger charge is 2.31. The largest absolute Gasteiger partial charge is 0.465 e. The lowest BCUT2D eigenvalue weighted by Crippen LogP contribution is -2.34. The van der Waals surface area contributed by atoms with Crippen molar-refractivity contribution in [2.45, 2.75) is 43.4 Å². The summed E-state index contributed by atoms with van der Waals surface area (Å²) in [4.78, 5) is 68.4. The van der Waals surface area contributed by atoms with Gasteiger partial charge >= 0.3 is 5.97 Å². The van der Waals surface area contributed by atoms with E-state index < -0.39 is 23.0 Å². The monoisotopic (exact) mass is 764 g/mol. The van der Waals surface area contributed by atoms with Gasteiger partial charge in [-0.05, 0) is 66.9 Å². The molecule has 51 heavy (non-hydrogen) atoms. The molecule has 0 radical (unpaired) electrons. The molecular weight excluding hydrogens is 731 g/mol. The molecule has 10 nitrogen and oxygen atoms in total. The molecule has 2 heterocycles. The molecule has 0 saturated heterocycles. The quantitative estimate of drug-likeness (QED) is 0.0811. The number of nitrogens with zero attached hydrogens (tertiary/aromatic N) is 1. The Morgan fingerprint density at radius 1 is 0.980 bits per heavy atom. The molecule has 3 N–H and O–H groups in total. The Morgan fingerprint density at radius 3 is 2.35 bits per heavy atom. The Hall–Kier alpha value is -4.62. The topological polar surface area (TPSA) is 134 Å². The summed E-state index contributed by atoms with van der Waals surface area (Å²) in [6, 6.07) is 20.3. The van der Waals surface area contributed by atoms with Crippen molar-refractivity contribution in [3.05, 3.63) is 116 Å². The molecule has 4 amide bonds. The molecule has 0 aliphatic carbocycles. The van der Waals surface area contributed by atoms with Crippen LogP contribution in [-0.4, -0.2) is 53.4 Å². The van der Waals surface area contributed by atoms with Crippen molar-refractivity contribution in [1.29, 1.82) is 0 Å². The lowest BCUT2D eigenvalue weighted by Gasteiger charge is -2.25. The fraction of sp³-hybridized carbons (Fsp3) is 0.216. The van der Waals surface area contributed by atoms with Crippen molar-refractivity contribution < 1.29 is 28.7 Å². The Bertz CT molecular complexity index is 2000. The highest BCUT2D eigenvalue weighted by molar-refractivity contribution is 8.00. The Balaban J connectivity index is 1.34. The molecule has 0 bridgehead atoms. The molecule has 1 aliphatic rings. The van der Waals surface area contributed by atoms with Gasteiger partial charge in [-0.2, -0.15) is 0 Å². The third kappa shape index (κ3) is 9.19. The van der Waals surface area contributed by atoms with Crippen LogP contribution < -0.4 is 16.0 Å². The van der Waals surface area contributed by atoms with Crippen LogP contribution in [0.5, 0.6) is 0 Å². The molecule has 1 atom stereocenters. The average Bonchev–Trinajstić information content (AvgIpc) is 3.48. The Morgan fingerprint density at radius 2 is 1.69 bits per heavy atom. The van der Waals surface area contributed by atoms with E-state index in [1.165, 1.54) is 43.2 Å². The molecule has 1 unspecified atom stereocenters. The van der Waals surface area contributed by atoms with Crippen LogP contribution in [0, 0.1) is 0 Å². The maximum absolute atomic E-state index is 13.7. The molecule has 4 aromatic rings. The van der Waals surface area contributed by atoms with Gasteiger partial charge in [0.25, 0.3) is 11.8 Å². The number of fused-ring (bicyclic) bond motifs is 1. The molecule has 1 aromatic heterocycles. The summed E-state index contributed by atoms with van der Waals surface area (Å²) in [5.41, 5.74) is 2.14. The number of halogens is 2. The van der Waals surface area contributed by atoms with Gasteiger partial charge in [0.2, 0.25) is 11.8 Å². The first-order chi connectivity index (χ1) is 24.5. The SMILES string of the molecule is CCC(Sc1cccc(NC(=O)/C(=C\c2c(Cl)cccc2Cl)NC(=O)c2ccccc2)c1)C(=O)Nc1sc2c(c1C(=O)OC)CCN(C(C)=O)C2. The predicted molar refractivity (Wildman–Crippen MR) is 202 cm³/mol. The average molecular weight is 766 g/mol. The third-order valence-electron chi connectivity index (χ3n) is 7.98. The van der Waals surface area contributed by atoms with Crippen molar-refractivity contribution in [3.63, 3.8) is 0 Å². The number of amides is 4. The first-order valence-electron chi connectivity index (χ1n) is 15.9. The van der Waals surface area contributed by atoms with Gasteiger partial charge in [-0.3, -0.25) is 19.2 Å². The first kappa shape index (κ1) is 37.6. The smallest absolute Gasteiger partial charge is 0.341 e. The molecular formula is C37H34Cl2N4O6S2. The van der Waals surface area contributed by atoms with Crippen molar-refractivity contribution in [2.75, 3.05) is 24.3 Å². The molecule has 5 rings (SSSR count). The van der Waals surface area contributed by atoms with E-state index in [4.69, 9.17) is 27.9 Å². The maximum Gasteiger partial charge on any atom is 0.341 e. The van der Waals surface area contributed by atoms with Crippen LogP contribution in [0.4, 0.5) is 10.7 Å². The van der Waals surface area contributed by atoms with E-state index in [2.05, 4.69) is 16.0 Å². The van der Waals surface area contributed by atoms with Crippen molar-refractivity contribution in [1.82, 2.24) is 10.2 Å². The third-order valence-corrected chi connectivity index (χ3v) is 11.1. The van der Waals surface area contributed by atoms with Crippen LogP contribution in [0.3, 0.4) is 0 Å². The number of anilines is 2. The predicted octanol–water partition coefficient (Wildman–Crippen LogP) is 7.67. The fourth-order valence-electron chi connectivity index (χ4n) is 5.34. The maximum atomic E-state index is 13.7. The molecule has 0 spiro atoms. The van der Waals surface area contributed by atoms with Gasteiger partial charge in [-0.15, -0.1) is 23.1 Å². The second-order valence-corrected chi connectivity index (χ2v) is 14.6. The summed E-state index contributed by atoms with van der Waals surface area (Å²) in [7, 11) is 1.29. The van der Waals surface area contributed by atoms with Gasteiger partial charge in [0.1, 0.15) is 10.7 Å². The van der Waals surface area contributed by atoms with Gasteiger partial charge < -0.3 is 25.6 Å². The van der Waals surface area contributed by atoms with Crippen LogP contribution in [0.1, 0.15) is 57.0 Å². The van der Waals surface area contributed by atoms with Crippen LogP contribution in [0.25, 0.3) is 6.08 Å². The molecule has 1 aliphatic heterocycles. The van der Waals surface area contributed by atoms with Crippen LogP contribution in [0.15, 0.2) is 83.4 Å². The minimum absolute atomic E-state index is 0.0608. The number of thioether (sulfide) groups is 1. The standard InChI is InChI=1S/C37H34Cl2N4O6S2/c1-4-30(35(47)42-36-32(37(48)49-3)25-16-17-43(21(2)44)20-31(25)51-36)50-24-13-8-12-23(18-24)40-34(46)29(19-26-27(38)14-9-15-28(26)39)41-33(45)22-10-6-5-7-11-22/h5-15,18-19,30H,4,16-17,20H2,1-3H3,(H,40,46)(H,41,45)(H,42,47)/b29-19+. The highest BCUT2D eigenvalue weighted by atomic mass is 35.5. The van der Waals surface area contributed by atoms with E-state index in [1.807, 2.05) is 13.0 Å². The number of benzene rings is 3. The van der Waals surface area contributed by atoms with Gasteiger partial charge in [-0.1, -0.05) is 60.5 Å². The van der Waals surface area contributed by atoms with Crippen molar-refractivity contribution >= 4 is 92.7 Å². The summed E-state index contributed by atoms with van der Waals surface area (Å²) >= 11 is 15.3. The van der Waals surface area contributed by atoms with E-state index in [9.17, 15) is 24.0 Å². The Labute approximate surface area is 313 Å². The number of carbonyl (C=O) groups is 5. The zero-order valence-electron chi connectivity index (χ0n) is 27.9. The van der Waals surface area contributed by atoms with E-state index in [0.717, 1.165) is 10.4 Å². The Kier molecular flexibility index (Phi) is 12.6. The zero-order valence-corrected chi connectivity index (χ0v) is 31.0. The summed E-state index contributed by atoms with van der Waals surface area (Å²) < 4.78 is 5.05. The highest BCUT2D eigenvalue weighted by Crippen LogP contribution is 2.39. The number of carbonyl (C=O) groups excluding carboxylic acids is 5. The number of hydrogen-bond acceptors (Lipinski definition) is 8. The fourth-order valence-corrected chi connectivity index (χ4v) is 8.11. The van der Waals surface area contributed by atoms with E-state index >= 15 is 0 Å². The summed E-state index contributed by atoms with van der Waals surface area (Å²) in [5, 5.41) is 8.86. The summed E-state index contributed by atoms with van der Waals surface area (Å²) in [6.45, 7) is 4.21. The zero-order chi connectivity index (χ0) is 36.7. The number of nitrogens with one attached hydrogen (secondary N) is 3. The number of rotatable bonds is 11. The lowest BCUT2D eigenvalue weighted by atomic mass is 10.0. The van der Waals surface area contributed by atoms with Gasteiger partial charge in [0, 0.05) is 50.1 Å². The van der Waals surface area contributed by atoms with Crippen LogP contribution in [0.2, 0.25) is 10.0 Å². The van der Waals surface area contributed by atoms with Gasteiger partial charge in [-0.25, -0.2) is 4.79 Å². The minimum atomic E-state index is -0.623. The van der Waals surface area contributed by atoms with Crippen LogP contribution >= 0.6 is 46.3 Å². The minimum Gasteiger partial charge on any atom is -0.465 e.